The fourth-order valence-corrected chi connectivity index (χ4v) is 17.5. The average molecular weight is 859 g/mol. The molecule has 12 unspecified atom stereocenters. The highest BCUT2D eigenvalue weighted by Gasteiger charge is 2.68. The van der Waals surface area contributed by atoms with Gasteiger partial charge in [0.15, 0.2) is 0 Å². The SMILES string of the molecule is C1=CCCC(c2ccc(/C(=C\C3C=CC4C5C=C6C=CCCC6CC5C5(C6C=CC=CC6SC6C=CC=CC65)C4C3)CC3C=CC(C4=CCCc5c4oc4c5CCCC4)CC3)cc2)=C1. The number of hydrogen-bond donors (Lipinski definition) is 0. The number of benzene rings is 1. The topological polar surface area (TPSA) is 13.1 Å². The van der Waals surface area contributed by atoms with Gasteiger partial charge in [-0.15, -0.1) is 11.8 Å². The molecule has 64 heavy (non-hydrogen) atoms. The van der Waals surface area contributed by atoms with Crippen LogP contribution in [0.2, 0.25) is 0 Å². The zero-order valence-corrected chi connectivity index (χ0v) is 38.5. The first kappa shape index (κ1) is 40.0. The molecule has 1 aromatic carbocycles. The van der Waals surface area contributed by atoms with E-state index in [1.807, 2.05) is 0 Å². The molecule has 13 rings (SSSR count). The molecule has 1 saturated heterocycles. The van der Waals surface area contributed by atoms with Gasteiger partial charge in [0.2, 0.25) is 0 Å². The molecule has 2 heterocycles. The van der Waals surface area contributed by atoms with Crippen LogP contribution in [0.1, 0.15) is 111 Å². The summed E-state index contributed by atoms with van der Waals surface area (Å²) in [6, 6.07) is 9.79. The summed E-state index contributed by atoms with van der Waals surface area (Å²) in [7, 11) is 0. The lowest BCUT2D eigenvalue weighted by Crippen LogP contribution is -2.56. The molecule has 1 nitrogen and oxygen atoms in total. The van der Waals surface area contributed by atoms with E-state index in [-0.39, 0.29) is 5.41 Å². The summed E-state index contributed by atoms with van der Waals surface area (Å²) in [4.78, 5) is 0. The first-order chi connectivity index (χ1) is 31.7. The molecule has 0 radical (unpaired) electrons. The van der Waals surface area contributed by atoms with Gasteiger partial charge in [-0.2, -0.15) is 0 Å². The van der Waals surface area contributed by atoms with E-state index in [0.29, 0.717) is 63.8 Å². The standard InChI is InChI=1S/C62H66OS/c1-2-13-42(14-3-1)43-30-32-44(33-31-43)48(35-40-25-28-45(29-26-40)49-18-12-19-52-51-17-6-9-22-58(51)63-61(49)52)36-41-27-34-50-53-38-46-15-4-5-16-47(46)39-57(53)62(56(50)37-41)54-20-7-10-23-59(54)64-60-24-11-8-21-55(60)62/h1-2,4,7-8,10-11,13,15,18,20-21,23-25,27-28,30-34,36,38,40-41,45,47,50,53-57,59-60H,3,5-6,9,12,14,16-17,19,22,26,29,35,37,39H2/b48-36-. The number of aryl methyl sites for hydroxylation is 1. The van der Waals surface area contributed by atoms with E-state index in [1.54, 1.807) is 22.3 Å². The highest BCUT2D eigenvalue weighted by molar-refractivity contribution is 8.00. The fourth-order valence-electron chi connectivity index (χ4n) is 15.8. The Morgan fingerprint density at radius 2 is 1.53 bits per heavy atom. The number of hydrogen-bond acceptors (Lipinski definition) is 2. The van der Waals surface area contributed by atoms with E-state index >= 15 is 0 Å². The summed E-state index contributed by atoms with van der Waals surface area (Å²) in [5.41, 5.74) is 12.3. The van der Waals surface area contributed by atoms with Gasteiger partial charge in [-0.1, -0.05) is 146 Å². The molecule has 1 saturated carbocycles. The Morgan fingerprint density at radius 3 is 2.34 bits per heavy atom. The summed E-state index contributed by atoms with van der Waals surface area (Å²) in [6.07, 6.45) is 69.1. The minimum atomic E-state index is 0.241. The van der Waals surface area contributed by atoms with Crippen LogP contribution in [-0.2, 0) is 19.3 Å². The second kappa shape index (κ2) is 16.6. The molecule has 10 aliphatic carbocycles. The van der Waals surface area contributed by atoms with Gasteiger partial charge in [-0.05, 0) is 188 Å². The molecular formula is C62H66OS. The Hall–Kier alpha value is -4.27. The number of furan rings is 1. The molecule has 0 N–H and O–H groups in total. The quantitative estimate of drug-likeness (QED) is 0.269. The van der Waals surface area contributed by atoms with Crippen molar-refractivity contribution < 1.29 is 4.42 Å². The molecule has 0 amide bonds. The Balaban J connectivity index is 0.850. The Morgan fingerprint density at radius 1 is 0.703 bits per heavy atom. The summed E-state index contributed by atoms with van der Waals surface area (Å²) in [6.45, 7) is 0. The third kappa shape index (κ3) is 6.68. The first-order valence-electron chi connectivity index (χ1n) is 25.8. The van der Waals surface area contributed by atoms with Crippen LogP contribution in [0.5, 0.6) is 0 Å². The molecule has 326 valence electrons. The summed E-state index contributed by atoms with van der Waals surface area (Å²) < 4.78 is 6.72. The van der Waals surface area contributed by atoms with Crippen molar-refractivity contribution in [1.29, 1.82) is 0 Å². The number of allylic oxidation sites excluding steroid dienone is 22. The van der Waals surface area contributed by atoms with Crippen molar-refractivity contribution in [3.8, 4) is 0 Å². The van der Waals surface area contributed by atoms with E-state index < -0.39 is 0 Å². The Labute approximate surface area is 387 Å². The molecule has 12 atom stereocenters. The van der Waals surface area contributed by atoms with Gasteiger partial charge >= 0.3 is 0 Å². The van der Waals surface area contributed by atoms with E-state index in [0.717, 1.165) is 44.4 Å². The highest BCUT2D eigenvalue weighted by Crippen LogP contribution is 2.73. The number of thioether (sulfide) groups is 1. The van der Waals surface area contributed by atoms with E-state index in [1.165, 1.54) is 91.6 Å². The van der Waals surface area contributed by atoms with Gasteiger partial charge in [-0.3, -0.25) is 0 Å². The van der Waals surface area contributed by atoms with Gasteiger partial charge in [0.25, 0.3) is 0 Å². The molecule has 1 aliphatic heterocycles. The maximum Gasteiger partial charge on any atom is 0.134 e. The van der Waals surface area contributed by atoms with Crippen LogP contribution < -0.4 is 0 Å². The second-order valence-electron chi connectivity index (χ2n) is 21.6. The van der Waals surface area contributed by atoms with E-state index in [4.69, 9.17) is 4.42 Å². The normalized spacial score (nSPS) is 38.6. The maximum absolute atomic E-state index is 6.72. The molecule has 1 spiro atoms. The molecule has 0 bridgehead atoms. The zero-order valence-electron chi connectivity index (χ0n) is 37.7. The van der Waals surface area contributed by atoms with Crippen molar-refractivity contribution in [2.75, 3.05) is 0 Å². The average Bonchev–Trinajstić information content (AvgIpc) is 3.87. The third-order valence-electron chi connectivity index (χ3n) is 18.5. The smallest absolute Gasteiger partial charge is 0.134 e. The Kier molecular flexibility index (Phi) is 10.4. The maximum atomic E-state index is 6.72. The second-order valence-corrected chi connectivity index (χ2v) is 22.9. The summed E-state index contributed by atoms with van der Waals surface area (Å²) in [5, 5.41) is 1.11. The van der Waals surface area contributed by atoms with Crippen molar-refractivity contribution in [3.63, 3.8) is 0 Å². The van der Waals surface area contributed by atoms with Crippen molar-refractivity contribution in [1.82, 2.24) is 0 Å². The van der Waals surface area contributed by atoms with Gasteiger partial charge in [0.1, 0.15) is 11.5 Å². The van der Waals surface area contributed by atoms with E-state index in [2.05, 4.69) is 158 Å². The summed E-state index contributed by atoms with van der Waals surface area (Å²) >= 11 is 2.26. The van der Waals surface area contributed by atoms with Crippen molar-refractivity contribution in [3.05, 3.63) is 185 Å². The predicted octanol–water partition coefficient (Wildman–Crippen LogP) is 15.6. The van der Waals surface area contributed by atoms with Crippen molar-refractivity contribution in [2.24, 2.45) is 64.6 Å². The lowest BCUT2D eigenvalue weighted by molar-refractivity contribution is -0.00784. The van der Waals surface area contributed by atoms with Crippen LogP contribution in [0, 0.1) is 64.6 Å². The van der Waals surface area contributed by atoms with Crippen LogP contribution in [0.15, 0.2) is 156 Å². The van der Waals surface area contributed by atoms with Gasteiger partial charge in [-0.25, -0.2) is 0 Å². The molecular weight excluding hydrogens is 793 g/mol. The number of fused-ring (bicyclic) bond motifs is 13. The molecule has 1 aromatic heterocycles. The molecule has 11 aliphatic rings. The predicted molar refractivity (Wildman–Crippen MR) is 269 cm³/mol. The van der Waals surface area contributed by atoms with Crippen LogP contribution in [-0.4, -0.2) is 10.5 Å². The van der Waals surface area contributed by atoms with Crippen LogP contribution >= 0.6 is 11.8 Å². The highest BCUT2D eigenvalue weighted by atomic mass is 32.2. The van der Waals surface area contributed by atoms with Crippen molar-refractivity contribution in [2.45, 2.75) is 107 Å². The lowest BCUT2D eigenvalue weighted by atomic mass is 9.50. The first-order valence-corrected chi connectivity index (χ1v) is 26.7. The fraction of sp³-hybridized carbons (Fsp3) is 0.452. The third-order valence-corrected chi connectivity index (χ3v) is 20.0. The zero-order chi connectivity index (χ0) is 42.2. The molecule has 2 aromatic rings. The van der Waals surface area contributed by atoms with Crippen LogP contribution in [0.3, 0.4) is 0 Å². The largest absolute Gasteiger partial charge is 0.461 e. The summed E-state index contributed by atoms with van der Waals surface area (Å²) in [5.74, 6) is 8.46. The van der Waals surface area contributed by atoms with Crippen LogP contribution in [0.4, 0.5) is 0 Å². The minimum Gasteiger partial charge on any atom is -0.461 e. The van der Waals surface area contributed by atoms with Gasteiger partial charge in [0.05, 0.1) is 0 Å². The Bertz CT molecular complexity index is 2510. The lowest BCUT2D eigenvalue weighted by Gasteiger charge is -2.60. The van der Waals surface area contributed by atoms with Gasteiger partial charge < -0.3 is 4.42 Å². The molecule has 2 fully saturated rings. The van der Waals surface area contributed by atoms with E-state index in [9.17, 15) is 0 Å². The molecule has 2 heteroatoms. The van der Waals surface area contributed by atoms with Crippen molar-refractivity contribution >= 4 is 28.5 Å². The van der Waals surface area contributed by atoms with Gasteiger partial charge in [0, 0.05) is 28.4 Å². The van der Waals surface area contributed by atoms with Crippen LogP contribution in [0.25, 0.3) is 16.7 Å². The monoisotopic (exact) mass is 858 g/mol. The number of rotatable bonds is 6. The minimum absolute atomic E-state index is 0.241.